The minimum atomic E-state index is -0.0715. The maximum atomic E-state index is 13.7. The lowest BCUT2D eigenvalue weighted by Gasteiger charge is -2.32. The topological polar surface area (TPSA) is 3.24 Å². The van der Waals surface area contributed by atoms with Crippen LogP contribution in [0.3, 0.4) is 0 Å². The summed E-state index contributed by atoms with van der Waals surface area (Å²) in [6, 6.07) is 13.9. The van der Waals surface area contributed by atoms with Gasteiger partial charge in [0.25, 0.3) is 0 Å². The van der Waals surface area contributed by atoms with Gasteiger partial charge >= 0.3 is 0 Å². The predicted octanol–water partition coefficient (Wildman–Crippen LogP) is 5.24. The van der Waals surface area contributed by atoms with E-state index in [-0.39, 0.29) is 5.82 Å². The fourth-order valence-electron chi connectivity index (χ4n) is 3.34. The summed E-state index contributed by atoms with van der Waals surface area (Å²) in [5.41, 5.74) is 3.56. The molecule has 24 heavy (non-hydrogen) atoms. The van der Waals surface area contributed by atoms with Gasteiger partial charge in [0, 0.05) is 16.7 Å². The minimum absolute atomic E-state index is 0.0715. The lowest BCUT2D eigenvalue weighted by atomic mass is 10.1. The molecule has 0 aliphatic carbocycles. The van der Waals surface area contributed by atoms with Crippen LogP contribution in [0.5, 0.6) is 0 Å². The third kappa shape index (κ3) is 4.61. The fraction of sp³-hybridized carbons (Fsp3) is 0.429. The second-order valence-corrected chi connectivity index (χ2v) is 8.11. The van der Waals surface area contributed by atoms with E-state index in [4.69, 9.17) is 0 Å². The third-order valence-electron chi connectivity index (χ3n) is 4.81. The molecule has 0 N–H and O–H groups in total. The van der Waals surface area contributed by atoms with Crippen molar-refractivity contribution in [2.45, 2.75) is 43.3 Å². The van der Waals surface area contributed by atoms with Gasteiger partial charge < -0.3 is 4.90 Å². The van der Waals surface area contributed by atoms with Crippen molar-refractivity contribution < 1.29 is 4.39 Å². The van der Waals surface area contributed by atoms with Crippen molar-refractivity contribution in [3.8, 4) is 0 Å². The molecule has 1 aliphatic rings. The Bertz CT molecular complexity index is 677. The molecule has 0 amide bonds. The Labute approximate surface area is 149 Å². The van der Waals surface area contributed by atoms with Crippen molar-refractivity contribution in [3.05, 3.63) is 65.0 Å². The third-order valence-corrected chi connectivity index (χ3v) is 6.33. The molecule has 1 nitrogen and oxygen atoms in total. The Hall–Kier alpha value is -1.32. The van der Waals surface area contributed by atoms with Crippen LogP contribution >= 0.6 is 11.8 Å². The van der Waals surface area contributed by atoms with Crippen LogP contribution in [-0.2, 0) is 6.42 Å². The van der Waals surface area contributed by atoms with Crippen molar-refractivity contribution >= 4 is 11.8 Å². The smallest absolute Gasteiger partial charge is 0.126 e. The van der Waals surface area contributed by atoms with Gasteiger partial charge in [0.2, 0.25) is 0 Å². The molecule has 1 saturated heterocycles. The molecule has 0 bridgehead atoms. The van der Waals surface area contributed by atoms with Gasteiger partial charge in [-0.3, -0.25) is 0 Å². The van der Waals surface area contributed by atoms with Crippen LogP contribution in [0.1, 0.15) is 29.5 Å². The molecule has 0 atom stereocenters. The van der Waals surface area contributed by atoms with Gasteiger partial charge in [-0.05, 0) is 69.5 Å². The van der Waals surface area contributed by atoms with E-state index in [0.29, 0.717) is 5.25 Å². The summed E-state index contributed by atoms with van der Waals surface area (Å²) in [6.45, 7) is 7.56. The number of rotatable bonds is 5. The summed E-state index contributed by atoms with van der Waals surface area (Å²) in [5, 5.41) is 0.705. The van der Waals surface area contributed by atoms with Gasteiger partial charge in [-0.15, -0.1) is 11.8 Å². The molecule has 3 rings (SSSR count). The first-order valence-electron chi connectivity index (χ1n) is 8.81. The van der Waals surface area contributed by atoms with Gasteiger partial charge in [-0.2, -0.15) is 0 Å². The summed E-state index contributed by atoms with van der Waals surface area (Å²) in [5.74, 6) is -0.0715. The summed E-state index contributed by atoms with van der Waals surface area (Å²) in [6.07, 6.45) is 3.24. The van der Waals surface area contributed by atoms with Crippen LogP contribution in [0.25, 0.3) is 0 Å². The Morgan fingerprint density at radius 3 is 2.54 bits per heavy atom. The zero-order chi connectivity index (χ0) is 16.9. The molecule has 1 aliphatic heterocycles. The summed E-state index contributed by atoms with van der Waals surface area (Å²) in [4.78, 5) is 3.90. The van der Waals surface area contributed by atoms with E-state index in [1.807, 2.05) is 23.9 Å². The number of hydrogen-bond acceptors (Lipinski definition) is 2. The molecule has 3 heteroatoms. The first-order valence-corrected chi connectivity index (χ1v) is 9.69. The highest BCUT2D eigenvalue weighted by molar-refractivity contribution is 8.00. The van der Waals surface area contributed by atoms with Crippen molar-refractivity contribution in [3.63, 3.8) is 0 Å². The predicted molar refractivity (Wildman–Crippen MR) is 101 cm³/mol. The molecule has 128 valence electrons. The SMILES string of the molecule is Cc1ccc(SC2CCN(CCc3ccccc3F)CC2)c(C)c1. The number of nitrogens with zero attached hydrogens (tertiary/aromatic N) is 1. The number of hydrogen-bond donors (Lipinski definition) is 0. The molecular weight excluding hydrogens is 317 g/mol. The van der Waals surface area contributed by atoms with E-state index >= 15 is 0 Å². The largest absolute Gasteiger partial charge is 0.303 e. The van der Waals surface area contributed by atoms with Crippen LogP contribution in [0, 0.1) is 19.7 Å². The van der Waals surface area contributed by atoms with Gasteiger partial charge in [0.15, 0.2) is 0 Å². The quantitative estimate of drug-likeness (QED) is 0.730. The first kappa shape index (κ1) is 17.5. The molecular formula is C21H26FNS. The standard InChI is InChI=1S/C21H26FNS/c1-16-7-8-21(17(2)15-16)24-19-10-13-23(14-11-19)12-9-18-5-3-4-6-20(18)22/h3-8,15,19H,9-14H2,1-2H3. The van der Waals surface area contributed by atoms with E-state index in [1.54, 1.807) is 12.1 Å². The first-order chi connectivity index (χ1) is 11.6. The Morgan fingerprint density at radius 1 is 1.08 bits per heavy atom. The zero-order valence-corrected chi connectivity index (χ0v) is 15.4. The molecule has 0 aromatic heterocycles. The Morgan fingerprint density at radius 2 is 1.83 bits per heavy atom. The van der Waals surface area contributed by atoms with Gasteiger partial charge in [-0.25, -0.2) is 4.39 Å². The normalized spacial score (nSPS) is 16.5. The van der Waals surface area contributed by atoms with Gasteiger partial charge in [-0.1, -0.05) is 35.9 Å². The van der Waals surface area contributed by atoms with Crippen LogP contribution in [0.4, 0.5) is 4.39 Å². The van der Waals surface area contributed by atoms with E-state index < -0.39 is 0 Å². The molecule has 2 aromatic rings. The van der Waals surface area contributed by atoms with E-state index in [0.717, 1.165) is 31.6 Å². The Kier molecular flexibility index (Phi) is 5.96. The van der Waals surface area contributed by atoms with E-state index in [2.05, 4.69) is 36.9 Å². The number of halogens is 1. The monoisotopic (exact) mass is 343 g/mol. The number of piperidine rings is 1. The van der Waals surface area contributed by atoms with Gasteiger partial charge in [0.1, 0.15) is 5.82 Å². The minimum Gasteiger partial charge on any atom is -0.303 e. The molecule has 1 heterocycles. The number of aryl methyl sites for hydroxylation is 2. The molecule has 2 aromatic carbocycles. The second kappa shape index (κ2) is 8.17. The summed E-state index contributed by atoms with van der Waals surface area (Å²) < 4.78 is 13.7. The average Bonchev–Trinajstić information content (AvgIpc) is 2.58. The number of benzene rings is 2. The van der Waals surface area contributed by atoms with Crippen LogP contribution < -0.4 is 0 Å². The lowest BCUT2D eigenvalue weighted by Crippen LogP contribution is -2.36. The fourth-order valence-corrected chi connectivity index (χ4v) is 4.54. The number of likely N-dealkylation sites (tertiary alicyclic amines) is 1. The summed E-state index contributed by atoms with van der Waals surface area (Å²) in [7, 11) is 0. The van der Waals surface area contributed by atoms with Crippen LogP contribution in [0.2, 0.25) is 0 Å². The maximum absolute atomic E-state index is 13.7. The van der Waals surface area contributed by atoms with Crippen molar-refractivity contribution in [1.82, 2.24) is 4.90 Å². The highest BCUT2D eigenvalue weighted by Gasteiger charge is 2.20. The molecule has 0 unspecified atom stereocenters. The van der Waals surface area contributed by atoms with Crippen molar-refractivity contribution in [1.29, 1.82) is 0 Å². The Balaban J connectivity index is 1.46. The van der Waals surface area contributed by atoms with Gasteiger partial charge in [0.05, 0.1) is 0 Å². The number of thioether (sulfide) groups is 1. The highest BCUT2D eigenvalue weighted by atomic mass is 32.2. The molecule has 0 saturated carbocycles. The molecule has 1 fully saturated rings. The van der Waals surface area contributed by atoms with E-state index in [9.17, 15) is 4.39 Å². The second-order valence-electron chi connectivity index (χ2n) is 6.77. The van der Waals surface area contributed by atoms with Crippen molar-refractivity contribution in [2.75, 3.05) is 19.6 Å². The van der Waals surface area contributed by atoms with Crippen LogP contribution in [0.15, 0.2) is 47.4 Å². The maximum Gasteiger partial charge on any atom is 0.126 e. The van der Waals surface area contributed by atoms with Crippen LogP contribution in [-0.4, -0.2) is 29.8 Å². The summed E-state index contributed by atoms with van der Waals surface area (Å²) >= 11 is 2.03. The molecule has 0 radical (unpaired) electrons. The highest BCUT2D eigenvalue weighted by Crippen LogP contribution is 2.32. The van der Waals surface area contributed by atoms with E-state index in [1.165, 1.54) is 28.9 Å². The van der Waals surface area contributed by atoms with Crippen molar-refractivity contribution in [2.24, 2.45) is 0 Å². The average molecular weight is 344 g/mol. The lowest BCUT2D eigenvalue weighted by molar-refractivity contribution is 0.235. The molecule has 0 spiro atoms. The zero-order valence-electron chi connectivity index (χ0n) is 14.6.